The molecule has 0 spiro atoms. The molecule has 0 aliphatic carbocycles. The number of carbonyl (C=O) groups excluding carboxylic acids is 1. The van der Waals surface area contributed by atoms with Crippen molar-refractivity contribution in [2.75, 3.05) is 36.8 Å². The largest absolute Gasteiger partial charge is 0.351 e. The fourth-order valence-electron chi connectivity index (χ4n) is 3.61. The van der Waals surface area contributed by atoms with E-state index in [1.54, 1.807) is 25.3 Å². The summed E-state index contributed by atoms with van der Waals surface area (Å²) in [7, 11) is -3.19. The molecule has 2 amide bonds. The molecular formula is C21H28FN5O3S. The van der Waals surface area contributed by atoms with Gasteiger partial charge in [0.15, 0.2) is 0 Å². The summed E-state index contributed by atoms with van der Waals surface area (Å²) < 4.78 is 39.8. The number of piperazine rings is 1. The van der Waals surface area contributed by atoms with Crippen LogP contribution < -0.4 is 10.6 Å². The van der Waals surface area contributed by atoms with E-state index in [2.05, 4.69) is 9.88 Å². The van der Waals surface area contributed by atoms with Crippen molar-refractivity contribution in [3.63, 3.8) is 0 Å². The molecule has 0 unspecified atom stereocenters. The lowest BCUT2D eigenvalue weighted by atomic mass is 10.1. The number of urea groups is 1. The average Bonchev–Trinajstić information content (AvgIpc) is 2.72. The van der Waals surface area contributed by atoms with Gasteiger partial charge >= 0.3 is 6.03 Å². The molecule has 2 heterocycles. The number of nitrogens with zero attached hydrogens (tertiary/aromatic N) is 4. The molecule has 1 aliphatic rings. The minimum absolute atomic E-state index is 0.0904. The molecule has 1 aromatic heterocycles. The van der Waals surface area contributed by atoms with Gasteiger partial charge in [-0.05, 0) is 49.2 Å². The number of nitrogens with two attached hydrogens (primary N) is 1. The van der Waals surface area contributed by atoms with E-state index >= 15 is 0 Å². The zero-order chi connectivity index (χ0) is 22.6. The second-order valence-corrected chi connectivity index (χ2v) is 9.88. The summed E-state index contributed by atoms with van der Waals surface area (Å²) >= 11 is 0. The molecule has 0 radical (unpaired) electrons. The van der Waals surface area contributed by atoms with Gasteiger partial charge in [-0.25, -0.2) is 17.6 Å². The van der Waals surface area contributed by atoms with Crippen molar-refractivity contribution < 1.29 is 17.6 Å². The van der Waals surface area contributed by atoms with Crippen LogP contribution in [0.4, 0.5) is 14.9 Å². The van der Waals surface area contributed by atoms with E-state index in [-0.39, 0.29) is 12.3 Å². The highest BCUT2D eigenvalue weighted by Crippen LogP contribution is 2.20. The average molecular weight is 450 g/mol. The maximum absolute atomic E-state index is 14.3. The molecule has 2 aromatic rings. The normalized spacial score (nSPS) is 15.7. The van der Waals surface area contributed by atoms with Gasteiger partial charge in [-0.1, -0.05) is 6.07 Å². The third kappa shape index (κ3) is 5.99. The molecule has 8 nitrogen and oxygen atoms in total. The van der Waals surface area contributed by atoms with Crippen LogP contribution in [0.2, 0.25) is 0 Å². The van der Waals surface area contributed by atoms with Crippen LogP contribution in [-0.4, -0.2) is 60.6 Å². The first-order valence-electron chi connectivity index (χ1n) is 10.2. The Morgan fingerprint density at radius 3 is 2.42 bits per heavy atom. The number of hydrogen-bond acceptors (Lipinski definition) is 5. The summed E-state index contributed by atoms with van der Waals surface area (Å²) in [5, 5.41) is 0. The Morgan fingerprint density at radius 2 is 1.84 bits per heavy atom. The smallest absolute Gasteiger partial charge is 0.319 e. The quantitative estimate of drug-likeness (QED) is 0.698. The predicted octanol–water partition coefficient (Wildman–Crippen LogP) is 2.08. The van der Waals surface area contributed by atoms with E-state index in [9.17, 15) is 17.6 Å². The SMILES string of the molecule is CCS(=O)(=O)N1CCN(Cc2cc(F)cc(CN(C(N)=O)c3ccc(C)nc3)c2)CC1. The summed E-state index contributed by atoms with van der Waals surface area (Å²) in [6.07, 6.45) is 1.56. The molecule has 1 fully saturated rings. The summed E-state index contributed by atoms with van der Waals surface area (Å²) in [6.45, 7) is 6.09. The van der Waals surface area contributed by atoms with Crippen LogP contribution in [0, 0.1) is 12.7 Å². The second kappa shape index (κ2) is 9.71. The van der Waals surface area contributed by atoms with Crippen LogP contribution in [0.1, 0.15) is 23.7 Å². The van der Waals surface area contributed by atoms with Crippen molar-refractivity contribution in [1.29, 1.82) is 0 Å². The van der Waals surface area contributed by atoms with Crippen LogP contribution in [0.25, 0.3) is 0 Å². The molecule has 1 saturated heterocycles. The summed E-state index contributed by atoms with van der Waals surface area (Å²) in [6, 6.07) is 7.56. The molecule has 0 saturated carbocycles. The zero-order valence-corrected chi connectivity index (χ0v) is 18.6. The summed E-state index contributed by atoms with van der Waals surface area (Å²) in [5.41, 5.74) is 8.27. The van der Waals surface area contributed by atoms with Crippen LogP contribution in [0.15, 0.2) is 36.5 Å². The number of amides is 2. The first kappa shape index (κ1) is 23.1. The van der Waals surface area contributed by atoms with Crippen LogP contribution in [-0.2, 0) is 23.1 Å². The van der Waals surface area contributed by atoms with Crippen molar-refractivity contribution in [3.05, 3.63) is 59.2 Å². The molecule has 1 aliphatic heterocycles. The number of carbonyl (C=O) groups is 1. The van der Waals surface area contributed by atoms with Gasteiger partial charge in [0.1, 0.15) is 5.82 Å². The number of rotatable bonds is 7. The minimum atomic E-state index is -3.19. The van der Waals surface area contributed by atoms with Gasteiger partial charge < -0.3 is 5.73 Å². The first-order valence-corrected chi connectivity index (χ1v) is 11.8. The first-order chi connectivity index (χ1) is 14.7. The topological polar surface area (TPSA) is 99.8 Å². The van der Waals surface area contributed by atoms with Gasteiger partial charge in [-0.15, -0.1) is 0 Å². The number of anilines is 1. The number of primary amides is 1. The number of pyridine rings is 1. The third-order valence-electron chi connectivity index (χ3n) is 5.33. The number of aryl methyl sites for hydroxylation is 1. The highest BCUT2D eigenvalue weighted by atomic mass is 32.2. The maximum atomic E-state index is 14.3. The highest BCUT2D eigenvalue weighted by molar-refractivity contribution is 7.89. The van der Waals surface area contributed by atoms with Gasteiger partial charge in [-0.2, -0.15) is 4.31 Å². The lowest BCUT2D eigenvalue weighted by Gasteiger charge is -2.33. The molecule has 168 valence electrons. The number of benzene rings is 1. The van der Waals surface area contributed by atoms with Crippen molar-refractivity contribution in [1.82, 2.24) is 14.2 Å². The predicted molar refractivity (Wildman–Crippen MR) is 117 cm³/mol. The lowest BCUT2D eigenvalue weighted by Crippen LogP contribution is -2.48. The Hall–Kier alpha value is -2.56. The second-order valence-electron chi connectivity index (χ2n) is 7.63. The monoisotopic (exact) mass is 449 g/mol. The van der Waals surface area contributed by atoms with Gasteiger partial charge in [0.2, 0.25) is 10.0 Å². The molecular weight excluding hydrogens is 421 g/mol. The fourth-order valence-corrected chi connectivity index (χ4v) is 4.69. The Bertz CT molecular complexity index is 1020. The van der Waals surface area contributed by atoms with Crippen molar-refractivity contribution in [2.24, 2.45) is 5.73 Å². The van der Waals surface area contributed by atoms with E-state index in [1.807, 2.05) is 13.0 Å². The Labute approximate surface area is 182 Å². The third-order valence-corrected chi connectivity index (χ3v) is 7.21. The van der Waals surface area contributed by atoms with Crippen LogP contribution in [0.5, 0.6) is 0 Å². The Balaban J connectivity index is 1.70. The van der Waals surface area contributed by atoms with Gasteiger partial charge in [0.25, 0.3) is 0 Å². The minimum Gasteiger partial charge on any atom is -0.351 e. The van der Waals surface area contributed by atoms with Crippen LogP contribution >= 0.6 is 0 Å². The van der Waals surface area contributed by atoms with Crippen LogP contribution in [0.3, 0.4) is 0 Å². The highest BCUT2D eigenvalue weighted by Gasteiger charge is 2.25. The summed E-state index contributed by atoms with van der Waals surface area (Å²) in [5.74, 6) is -0.307. The molecule has 3 rings (SSSR count). The standard InChI is InChI=1S/C21H28FN5O3S/c1-3-31(29,30)26-8-6-25(7-9-26)14-17-10-18(12-19(22)11-17)15-27(21(23)28)20-5-4-16(2)24-13-20/h4-5,10-13H,3,6-9,14-15H2,1-2H3,(H2,23,28). The van der Waals surface area contributed by atoms with Gasteiger partial charge in [-0.3, -0.25) is 14.8 Å². The zero-order valence-electron chi connectivity index (χ0n) is 17.8. The number of sulfonamides is 1. The van der Waals surface area contributed by atoms with Gasteiger partial charge in [0, 0.05) is 38.4 Å². The van der Waals surface area contributed by atoms with Crippen molar-refractivity contribution in [3.8, 4) is 0 Å². The molecule has 0 atom stereocenters. The number of hydrogen-bond donors (Lipinski definition) is 1. The van der Waals surface area contributed by atoms with Crippen molar-refractivity contribution >= 4 is 21.7 Å². The van der Waals surface area contributed by atoms with E-state index in [0.29, 0.717) is 44.0 Å². The molecule has 2 N–H and O–H groups in total. The van der Waals surface area contributed by atoms with Gasteiger partial charge in [0.05, 0.1) is 24.2 Å². The summed E-state index contributed by atoms with van der Waals surface area (Å²) in [4.78, 5) is 19.6. The van der Waals surface area contributed by atoms with E-state index < -0.39 is 21.9 Å². The molecule has 0 bridgehead atoms. The number of aromatic nitrogens is 1. The van der Waals surface area contributed by atoms with Crippen molar-refractivity contribution in [2.45, 2.75) is 26.9 Å². The lowest BCUT2D eigenvalue weighted by molar-refractivity contribution is 0.181. The van der Waals surface area contributed by atoms with E-state index in [1.165, 1.54) is 21.3 Å². The fraction of sp³-hybridized carbons (Fsp3) is 0.429. The molecule has 10 heteroatoms. The van der Waals surface area contributed by atoms with E-state index in [0.717, 1.165) is 11.3 Å². The molecule has 31 heavy (non-hydrogen) atoms. The Kier molecular flexibility index (Phi) is 7.24. The number of halogens is 1. The maximum Gasteiger partial charge on any atom is 0.319 e. The molecule has 1 aromatic carbocycles. The van der Waals surface area contributed by atoms with E-state index in [4.69, 9.17) is 5.73 Å². The Morgan fingerprint density at radius 1 is 1.16 bits per heavy atom.